The minimum absolute atomic E-state index is 0.411. The maximum atomic E-state index is 6.19. The van der Waals surface area contributed by atoms with Gasteiger partial charge in [0.25, 0.3) is 0 Å². The van der Waals surface area contributed by atoms with Crippen LogP contribution >= 0.6 is 11.6 Å². The summed E-state index contributed by atoms with van der Waals surface area (Å²) >= 11 is 5.92. The Balaban J connectivity index is 1.83. The Morgan fingerprint density at radius 3 is 2.62 bits per heavy atom. The largest absolute Gasteiger partial charge is 0.371 e. The molecule has 1 aromatic rings. The van der Waals surface area contributed by atoms with Crippen molar-refractivity contribution < 1.29 is 0 Å². The highest BCUT2D eigenvalue weighted by molar-refractivity contribution is 6.29. The van der Waals surface area contributed by atoms with Crippen LogP contribution in [-0.2, 0) is 0 Å². The van der Waals surface area contributed by atoms with Gasteiger partial charge in [0.15, 0.2) is 0 Å². The minimum Gasteiger partial charge on any atom is -0.371 e. The Bertz CT molecular complexity index is 382. The third kappa shape index (κ3) is 1.68. The number of piperidine rings is 1. The van der Waals surface area contributed by atoms with Crippen molar-refractivity contribution in [1.82, 2.24) is 4.98 Å². The Labute approximate surface area is 101 Å². The number of hydrogen-bond acceptors (Lipinski definition) is 3. The zero-order chi connectivity index (χ0) is 11.1. The van der Waals surface area contributed by atoms with E-state index in [0.717, 1.165) is 13.1 Å². The zero-order valence-corrected chi connectivity index (χ0v) is 9.90. The van der Waals surface area contributed by atoms with E-state index >= 15 is 0 Å². The van der Waals surface area contributed by atoms with Crippen LogP contribution in [0.25, 0.3) is 0 Å². The molecule has 2 N–H and O–H groups in total. The van der Waals surface area contributed by atoms with E-state index in [1.54, 1.807) is 6.20 Å². The summed E-state index contributed by atoms with van der Waals surface area (Å²) in [5, 5.41) is 0.569. The van der Waals surface area contributed by atoms with Gasteiger partial charge in [0.2, 0.25) is 0 Å². The molecular weight excluding hydrogens is 222 g/mol. The van der Waals surface area contributed by atoms with Crippen molar-refractivity contribution in [3.8, 4) is 0 Å². The molecule has 2 heterocycles. The fourth-order valence-electron chi connectivity index (χ4n) is 3.06. The molecule has 1 aliphatic carbocycles. The number of rotatable bonds is 1. The van der Waals surface area contributed by atoms with Gasteiger partial charge in [0, 0.05) is 31.0 Å². The van der Waals surface area contributed by atoms with Crippen molar-refractivity contribution in [2.75, 3.05) is 18.0 Å². The number of aromatic nitrogens is 1. The Morgan fingerprint density at radius 1 is 1.31 bits per heavy atom. The van der Waals surface area contributed by atoms with Crippen molar-refractivity contribution >= 4 is 17.3 Å². The molecule has 4 heteroatoms. The lowest BCUT2D eigenvalue weighted by Crippen LogP contribution is -2.48. The topological polar surface area (TPSA) is 42.1 Å². The normalized spacial score (nSPS) is 33.1. The number of fused-ring (bicyclic) bond motifs is 2. The predicted octanol–water partition coefficient (Wildman–Crippen LogP) is 1.91. The molecule has 1 aromatic heterocycles. The molecule has 86 valence electrons. The monoisotopic (exact) mass is 237 g/mol. The van der Waals surface area contributed by atoms with E-state index in [4.69, 9.17) is 17.3 Å². The molecule has 16 heavy (non-hydrogen) atoms. The van der Waals surface area contributed by atoms with Crippen LogP contribution in [0.2, 0.25) is 5.15 Å². The van der Waals surface area contributed by atoms with Gasteiger partial charge < -0.3 is 10.6 Å². The van der Waals surface area contributed by atoms with Crippen molar-refractivity contribution in [2.45, 2.75) is 18.9 Å². The molecule has 2 bridgehead atoms. The summed E-state index contributed by atoms with van der Waals surface area (Å²) in [6.07, 6.45) is 4.33. The molecular formula is C12H16ClN3. The molecule has 0 spiro atoms. The minimum atomic E-state index is 0.411. The lowest BCUT2D eigenvalue weighted by atomic mass is 9.93. The molecule has 1 saturated heterocycles. The molecule has 2 aliphatic rings. The predicted molar refractivity (Wildman–Crippen MR) is 65.6 cm³/mol. The fourth-order valence-corrected chi connectivity index (χ4v) is 3.23. The molecule has 0 amide bonds. The number of nitrogens with two attached hydrogens (primary N) is 1. The number of nitrogens with zero attached hydrogens (tertiary/aromatic N) is 2. The summed E-state index contributed by atoms with van der Waals surface area (Å²) < 4.78 is 0. The fraction of sp³-hybridized carbons (Fsp3) is 0.583. The molecule has 3 nitrogen and oxygen atoms in total. The van der Waals surface area contributed by atoms with Crippen LogP contribution in [0.15, 0.2) is 18.3 Å². The summed E-state index contributed by atoms with van der Waals surface area (Å²) in [6, 6.07) is 4.38. The number of halogens is 1. The van der Waals surface area contributed by atoms with Gasteiger partial charge in [0.05, 0.1) is 0 Å². The van der Waals surface area contributed by atoms with Crippen LogP contribution in [0, 0.1) is 11.8 Å². The van der Waals surface area contributed by atoms with Crippen LogP contribution in [0.1, 0.15) is 12.8 Å². The molecule has 1 unspecified atom stereocenters. The van der Waals surface area contributed by atoms with Crippen LogP contribution in [0.5, 0.6) is 0 Å². The quantitative estimate of drug-likeness (QED) is 0.759. The Kier molecular flexibility index (Phi) is 2.52. The first-order valence-electron chi connectivity index (χ1n) is 5.86. The summed E-state index contributed by atoms with van der Waals surface area (Å²) in [5.41, 5.74) is 7.37. The van der Waals surface area contributed by atoms with Crippen molar-refractivity contribution in [2.24, 2.45) is 17.6 Å². The number of anilines is 1. The first-order chi connectivity index (χ1) is 7.74. The molecule has 1 saturated carbocycles. The summed E-state index contributed by atoms with van der Waals surface area (Å²) in [5.74, 6) is 1.32. The highest BCUT2D eigenvalue weighted by atomic mass is 35.5. The van der Waals surface area contributed by atoms with Gasteiger partial charge in [-0.3, -0.25) is 0 Å². The number of pyridine rings is 1. The maximum Gasteiger partial charge on any atom is 0.131 e. The van der Waals surface area contributed by atoms with Gasteiger partial charge >= 0.3 is 0 Å². The molecule has 3 atom stereocenters. The summed E-state index contributed by atoms with van der Waals surface area (Å²) in [4.78, 5) is 6.42. The average Bonchev–Trinajstić information content (AvgIpc) is 2.53. The lowest BCUT2D eigenvalue weighted by Gasteiger charge is -2.37. The third-order valence-corrected chi connectivity index (χ3v) is 4.19. The van der Waals surface area contributed by atoms with E-state index in [1.165, 1.54) is 18.5 Å². The van der Waals surface area contributed by atoms with E-state index in [2.05, 4.69) is 9.88 Å². The second-order valence-electron chi connectivity index (χ2n) is 4.92. The van der Waals surface area contributed by atoms with E-state index < -0.39 is 0 Å². The zero-order valence-electron chi connectivity index (χ0n) is 9.14. The van der Waals surface area contributed by atoms with Crippen molar-refractivity contribution in [3.63, 3.8) is 0 Å². The molecule has 0 aromatic carbocycles. The van der Waals surface area contributed by atoms with Crippen LogP contribution in [-0.4, -0.2) is 24.1 Å². The Morgan fingerprint density at radius 2 is 2.00 bits per heavy atom. The van der Waals surface area contributed by atoms with Gasteiger partial charge in [-0.05, 0) is 36.8 Å². The van der Waals surface area contributed by atoms with Gasteiger partial charge in [-0.2, -0.15) is 0 Å². The maximum absolute atomic E-state index is 6.19. The first-order valence-corrected chi connectivity index (χ1v) is 6.24. The second-order valence-corrected chi connectivity index (χ2v) is 5.30. The standard InChI is InChI=1S/C12H16ClN3/c13-11-5-10(3-4-15-11)16-6-8-1-2-9(7-16)12(8)14/h3-5,8-9,12H,1-2,6-7,14H2/t8-,9?,12-/m0/s1. The van der Waals surface area contributed by atoms with Gasteiger partial charge in [0.1, 0.15) is 5.15 Å². The highest BCUT2D eigenvalue weighted by Gasteiger charge is 2.39. The van der Waals surface area contributed by atoms with Crippen LogP contribution in [0.4, 0.5) is 5.69 Å². The third-order valence-electron chi connectivity index (χ3n) is 3.98. The van der Waals surface area contributed by atoms with Gasteiger partial charge in [-0.15, -0.1) is 0 Å². The molecule has 1 aliphatic heterocycles. The van der Waals surface area contributed by atoms with E-state index in [0.29, 0.717) is 23.0 Å². The summed E-state index contributed by atoms with van der Waals surface area (Å²) in [7, 11) is 0. The van der Waals surface area contributed by atoms with Crippen LogP contribution < -0.4 is 10.6 Å². The van der Waals surface area contributed by atoms with E-state index in [9.17, 15) is 0 Å². The average molecular weight is 238 g/mol. The van der Waals surface area contributed by atoms with Crippen molar-refractivity contribution in [3.05, 3.63) is 23.5 Å². The van der Waals surface area contributed by atoms with E-state index in [-0.39, 0.29) is 0 Å². The summed E-state index contributed by atoms with van der Waals surface area (Å²) in [6.45, 7) is 2.13. The van der Waals surface area contributed by atoms with Gasteiger partial charge in [-0.25, -0.2) is 4.98 Å². The molecule has 2 fully saturated rings. The second kappa shape index (κ2) is 3.90. The Hall–Kier alpha value is -0.800. The van der Waals surface area contributed by atoms with Crippen LogP contribution in [0.3, 0.4) is 0 Å². The van der Waals surface area contributed by atoms with E-state index in [1.807, 2.05) is 12.1 Å². The number of hydrogen-bond donors (Lipinski definition) is 1. The highest BCUT2D eigenvalue weighted by Crippen LogP contribution is 2.37. The SMILES string of the molecule is N[C@@H]1C2CC[C@H]1CN(c1ccnc(Cl)c1)C2. The first kappa shape index (κ1) is 10.4. The molecule has 0 radical (unpaired) electrons. The van der Waals surface area contributed by atoms with Crippen molar-refractivity contribution in [1.29, 1.82) is 0 Å². The smallest absolute Gasteiger partial charge is 0.131 e. The lowest BCUT2D eigenvalue weighted by molar-refractivity contribution is 0.356. The molecule has 3 rings (SSSR count). The van der Waals surface area contributed by atoms with Gasteiger partial charge in [-0.1, -0.05) is 11.6 Å².